The van der Waals surface area contributed by atoms with Gasteiger partial charge in [0.1, 0.15) is 11.9 Å². The standard InChI is InChI=1S/C23H35ClFN5O2/c1-6-9-20(25)19(24)10-8-12-28-13-11-21(22(31)30-23(26)32)29-18(15-27-5)14-17(4)16(3)7-2/h1,9-10,14,21,27-29H,7-8,11-13,15H2,2-5H3,(H3,26,30,31,32)/b17-16+,18-14+,19-10+,20-9+. The molecule has 3 amide bonds. The molecule has 6 N–H and O–H groups in total. The van der Waals surface area contributed by atoms with Crippen LogP contribution in [0.3, 0.4) is 0 Å². The quantitative estimate of drug-likeness (QED) is 0.153. The van der Waals surface area contributed by atoms with Gasteiger partial charge < -0.3 is 21.7 Å². The molecule has 0 aliphatic carbocycles. The fraction of sp³-hybridized carbons (Fsp3) is 0.478. The first kappa shape index (κ1) is 29.4. The number of primary amides is 1. The summed E-state index contributed by atoms with van der Waals surface area (Å²) >= 11 is 5.80. The number of nitrogens with one attached hydrogen (secondary N) is 4. The highest BCUT2D eigenvalue weighted by Gasteiger charge is 2.20. The molecule has 0 rings (SSSR count). The Morgan fingerprint density at radius 3 is 2.53 bits per heavy atom. The summed E-state index contributed by atoms with van der Waals surface area (Å²) in [5.41, 5.74) is 8.27. The van der Waals surface area contributed by atoms with E-state index in [0.29, 0.717) is 32.5 Å². The van der Waals surface area contributed by atoms with Crippen molar-refractivity contribution < 1.29 is 14.0 Å². The van der Waals surface area contributed by atoms with Crippen molar-refractivity contribution in [1.29, 1.82) is 0 Å². The maximum absolute atomic E-state index is 13.4. The second-order valence-corrected chi connectivity index (χ2v) is 7.51. The van der Waals surface area contributed by atoms with Gasteiger partial charge >= 0.3 is 6.03 Å². The number of likely N-dealkylation sites (N-methyl/N-ethyl adjacent to an activating group) is 1. The van der Waals surface area contributed by atoms with Crippen molar-refractivity contribution >= 4 is 23.5 Å². The van der Waals surface area contributed by atoms with Gasteiger partial charge in [-0.25, -0.2) is 9.18 Å². The third-order valence-electron chi connectivity index (χ3n) is 4.58. The average molecular weight is 468 g/mol. The number of carbonyl (C=O) groups is 2. The predicted octanol–water partition coefficient (Wildman–Crippen LogP) is 2.97. The molecule has 0 saturated heterocycles. The number of hydrogen-bond acceptors (Lipinski definition) is 5. The molecule has 0 heterocycles. The SMILES string of the molecule is C#C/C=C(F)\C(Cl)=C/CCNCCC(N/C(=C/C(C)=C(\C)CC)CNC)C(=O)NC(N)=O. The minimum Gasteiger partial charge on any atom is -0.376 e. The van der Waals surface area contributed by atoms with E-state index in [1.54, 1.807) is 0 Å². The molecule has 0 aromatic heterocycles. The largest absolute Gasteiger partial charge is 0.376 e. The Bertz CT molecular complexity index is 797. The lowest BCUT2D eigenvalue weighted by Crippen LogP contribution is -2.49. The summed E-state index contributed by atoms with van der Waals surface area (Å²) in [5, 5.41) is 11.5. The summed E-state index contributed by atoms with van der Waals surface area (Å²) in [6.45, 7) is 7.64. The van der Waals surface area contributed by atoms with Gasteiger partial charge in [0.2, 0.25) is 0 Å². The first-order chi connectivity index (χ1) is 15.2. The van der Waals surface area contributed by atoms with Crippen LogP contribution in [0.1, 0.15) is 40.0 Å². The van der Waals surface area contributed by atoms with Gasteiger partial charge in [-0.05, 0) is 59.3 Å². The Hall–Kier alpha value is -2.60. The van der Waals surface area contributed by atoms with Crippen LogP contribution in [0.5, 0.6) is 0 Å². The number of nitrogens with two attached hydrogens (primary N) is 1. The number of imide groups is 1. The average Bonchev–Trinajstić information content (AvgIpc) is 2.73. The fourth-order valence-corrected chi connectivity index (χ4v) is 2.77. The van der Waals surface area contributed by atoms with Crippen molar-refractivity contribution in [3.8, 4) is 12.3 Å². The van der Waals surface area contributed by atoms with Gasteiger partial charge in [-0.15, -0.1) is 6.42 Å². The Labute approximate surface area is 195 Å². The number of amides is 3. The summed E-state index contributed by atoms with van der Waals surface area (Å²) < 4.78 is 13.4. The van der Waals surface area contributed by atoms with Crippen LogP contribution in [0.4, 0.5) is 9.18 Å². The van der Waals surface area contributed by atoms with Crippen molar-refractivity contribution in [2.75, 3.05) is 26.7 Å². The first-order valence-corrected chi connectivity index (χ1v) is 10.8. The van der Waals surface area contributed by atoms with Crippen LogP contribution in [-0.2, 0) is 4.79 Å². The molecule has 0 aromatic carbocycles. The third kappa shape index (κ3) is 13.0. The van der Waals surface area contributed by atoms with Crippen LogP contribution < -0.4 is 27.0 Å². The van der Waals surface area contributed by atoms with Crippen LogP contribution in [0.2, 0.25) is 0 Å². The molecule has 0 aromatic rings. The summed E-state index contributed by atoms with van der Waals surface area (Å²) in [7, 11) is 1.81. The highest BCUT2D eigenvalue weighted by atomic mass is 35.5. The van der Waals surface area contributed by atoms with Crippen molar-refractivity contribution in [2.24, 2.45) is 5.73 Å². The molecular formula is C23H35ClFN5O2. The number of carbonyl (C=O) groups excluding carboxylic acids is 2. The summed E-state index contributed by atoms with van der Waals surface area (Å²) in [6.07, 6.45) is 11.2. The fourth-order valence-electron chi connectivity index (χ4n) is 2.61. The monoisotopic (exact) mass is 467 g/mol. The number of allylic oxidation sites excluding steroid dienone is 6. The molecule has 1 atom stereocenters. The Morgan fingerprint density at radius 1 is 1.28 bits per heavy atom. The van der Waals surface area contributed by atoms with E-state index in [0.717, 1.165) is 23.8 Å². The molecule has 178 valence electrons. The van der Waals surface area contributed by atoms with Crippen LogP contribution in [0.15, 0.2) is 45.9 Å². The van der Waals surface area contributed by atoms with E-state index >= 15 is 0 Å². The molecule has 1 unspecified atom stereocenters. The Balaban J connectivity index is 5.09. The molecule has 0 spiro atoms. The van der Waals surface area contributed by atoms with Gasteiger partial charge in [-0.3, -0.25) is 10.1 Å². The molecule has 0 radical (unpaired) electrons. The molecule has 0 saturated carbocycles. The Kier molecular flexibility index (Phi) is 15.6. The van der Waals surface area contributed by atoms with E-state index in [1.165, 1.54) is 11.6 Å². The molecule has 7 nitrogen and oxygen atoms in total. The van der Waals surface area contributed by atoms with Gasteiger partial charge in [0.05, 0.1) is 5.03 Å². The van der Waals surface area contributed by atoms with Gasteiger partial charge in [0.25, 0.3) is 5.91 Å². The lowest BCUT2D eigenvalue weighted by molar-refractivity contribution is -0.122. The number of rotatable bonds is 14. The molecular weight excluding hydrogens is 433 g/mol. The van der Waals surface area contributed by atoms with E-state index in [2.05, 4.69) is 41.0 Å². The van der Waals surface area contributed by atoms with Crippen LogP contribution in [0, 0.1) is 12.3 Å². The van der Waals surface area contributed by atoms with E-state index < -0.39 is 23.8 Å². The van der Waals surface area contributed by atoms with Gasteiger partial charge in [0.15, 0.2) is 0 Å². The smallest absolute Gasteiger partial charge is 0.318 e. The molecule has 0 fully saturated rings. The molecule has 0 aliphatic heterocycles. The highest BCUT2D eigenvalue weighted by molar-refractivity contribution is 6.31. The van der Waals surface area contributed by atoms with Gasteiger partial charge in [0, 0.05) is 18.3 Å². The maximum Gasteiger partial charge on any atom is 0.318 e. The third-order valence-corrected chi connectivity index (χ3v) is 4.91. The normalized spacial score (nSPS) is 14.3. The second kappa shape index (κ2) is 17.0. The number of hydrogen-bond donors (Lipinski definition) is 5. The second-order valence-electron chi connectivity index (χ2n) is 7.11. The van der Waals surface area contributed by atoms with Crippen molar-refractivity contribution in [1.82, 2.24) is 21.3 Å². The van der Waals surface area contributed by atoms with E-state index in [9.17, 15) is 14.0 Å². The van der Waals surface area contributed by atoms with E-state index in [-0.39, 0.29) is 5.03 Å². The minimum absolute atomic E-state index is 0.0437. The van der Waals surface area contributed by atoms with Crippen molar-refractivity contribution in [2.45, 2.75) is 46.1 Å². The van der Waals surface area contributed by atoms with Crippen molar-refractivity contribution in [3.63, 3.8) is 0 Å². The van der Waals surface area contributed by atoms with Gasteiger partial charge in [-0.2, -0.15) is 0 Å². The highest BCUT2D eigenvalue weighted by Crippen LogP contribution is 2.16. The summed E-state index contributed by atoms with van der Waals surface area (Å²) in [4.78, 5) is 23.6. The lowest BCUT2D eigenvalue weighted by atomic mass is 10.1. The Morgan fingerprint density at radius 2 is 1.97 bits per heavy atom. The first-order valence-electron chi connectivity index (χ1n) is 10.4. The molecule has 0 aliphatic rings. The minimum atomic E-state index is -0.909. The van der Waals surface area contributed by atoms with E-state index in [1.807, 2.05) is 20.0 Å². The zero-order valence-corrected chi connectivity index (χ0v) is 20.0. The van der Waals surface area contributed by atoms with Crippen LogP contribution >= 0.6 is 11.6 Å². The number of urea groups is 1. The zero-order valence-electron chi connectivity index (χ0n) is 19.3. The molecule has 9 heteroatoms. The topological polar surface area (TPSA) is 108 Å². The zero-order chi connectivity index (χ0) is 24.5. The lowest BCUT2D eigenvalue weighted by Gasteiger charge is -2.21. The number of halogens is 2. The molecule has 32 heavy (non-hydrogen) atoms. The maximum atomic E-state index is 13.4. The van der Waals surface area contributed by atoms with Crippen molar-refractivity contribution in [3.05, 3.63) is 45.9 Å². The summed E-state index contributed by atoms with van der Waals surface area (Å²) in [5.74, 6) is 0.900. The van der Waals surface area contributed by atoms with Crippen LogP contribution in [0.25, 0.3) is 0 Å². The number of terminal acetylenes is 1. The van der Waals surface area contributed by atoms with Gasteiger partial charge in [-0.1, -0.05) is 41.7 Å². The summed E-state index contributed by atoms with van der Waals surface area (Å²) in [6, 6.07) is -1.59. The molecule has 0 bridgehead atoms. The predicted molar refractivity (Wildman–Crippen MR) is 129 cm³/mol. The van der Waals surface area contributed by atoms with E-state index in [4.69, 9.17) is 23.8 Å². The van der Waals surface area contributed by atoms with Crippen LogP contribution in [-0.4, -0.2) is 44.7 Å².